The van der Waals surface area contributed by atoms with E-state index >= 15 is 4.39 Å². The summed E-state index contributed by atoms with van der Waals surface area (Å²) >= 11 is 6.02. The van der Waals surface area contributed by atoms with Gasteiger partial charge in [0.25, 0.3) is 0 Å². The summed E-state index contributed by atoms with van der Waals surface area (Å²) in [6, 6.07) is 24.0. The second-order valence-corrected chi connectivity index (χ2v) is 6.73. The zero-order valence-electron chi connectivity index (χ0n) is 14.1. The molecule has 2 nitrogen and oxygen atoms in total. The lowest BCUT2D eigenvalue weighted by Gasteiger charge is -2.10. The number of fused-ring (bicyclic) bond motifs is 3. The molecule has 0 saturated carbocycles. The van der Waals surface area contributed by atoms with Crippen LogP contribution in [0.3, 0.4) is 0 Å². The number of hydrogen-bond acceptors (Lipinski definition) is 2. The molecule has 2 heterocycles. The zero-order chi connectivity index (χ0) is 18.4. The normalized spacial score (nSPS) is 11.3. The van der Waals surface area contributed by atoms with E-state index in [1.807, 2.05) is 54.6 Å². The van der Waals surface area contributed by atoms with Crippen LogP contribution in [-0.4, -0.2) is 4.98 Å². The van der Waals surface area contributed by atoms with Gasteiger partial charge in [0.1, 0.15) is 16.8 Å². The third-order valence-corrected chi connectivity index (χ3v) is 4.88. The van der Waals surface area contributed by atoms with Gasteiger partial charge in [-0.1, -0.05) is 66.2 Å². The van der Waals surface area contributed by atoms with Crippen molar-refractivity contribution >= 4 is 33.7 Å². The number of rotatable bonds is 2. The van der Waals surface area contributed by atoms with Gasteiger partial charge in [0.15, 0.2) is 11.4 Å². The first-order valence-electron chi connectivity index (χ1n) is 8.54. The van der Waals surface area contributed by atoms with Crippen LogP contribution in [0.2, 0.25) is 5.02 Å². The zero-order valence-corrected chi connectivity index (χ0v) is 14.9. The highest BCUT2D eigenvalue weighted by Gasteiger charge is 2.22. The van der Waals surface area contributed by atoms with Gasteiger partial charge >= 0.3 is 0 Å². The fraction of sp³-hybridized carbons (Fsp3) is 0. The van der Waals surface area contributed by atoms with Crippen molar-refractivity contribution in [2.45, 2.75) is 0 Å². The standard InChI is InChI=1S/C23H13ClFNO/c24-16-12-10-14(11-13-16)19-20(25)21(15-6-2-1-3-7-15)26-22-17-8-4-5-9-18(17)27-23(19)22/h1-13H. The lowest BCUT2D eigenvalue weighted by atomic mass is 10.0. The Bertz CT molecular complexity index is 1280. The summed E-state index contributed by atoms with van der Waals surface area (Å²) in [6.45, 7) is 0. The molecule has 0 amide bonds. The van der Waals surface area contributed by atoms with Gasteiger partial charge in [-0.2, -0.15) is 0 Å². The van der Waals surface area contributed by atoms with Crippen LogP contribution in [-0.2, 0) is 0 Å². The molecule has 3 aromatic carbocycles. The molecular formula is C23H13ClFNO. The van der Waals surface area contributed by atoms with E-state index in [-0.39, 0.29) is 0 Å². The number of furan rings is 1. The summed E-state index contributed by atoms with van der Waals surface area (Å²) in [7, 11) is 0. The van der Waals surface area contributed by atoms with Crippen LogP contribution in [0.5, 0.6) is 0 Å². The minimum atomic E-state index is -0.407. The third kappa shape index (κ3) is 2.59. The molecule has 0 saturated heterocycles. The Balaban J connectivity index is 1.93. The number of pyridine rings is 1. The van der Waals surface area contributed by atoms with E-state index in [2.05, 4.69) is 4.98 Å². The molecule has 0 aliphatic rings. The summed E-state index contributed by atoms with van der Waals surface area (Å²) in [5.74, 6) is -0.407. The molecule has 0 radical (unpaired) electrons. The minimum absolute atomic E-state index is 0.305. The van der Waals surface area contributed by atoms with E-state index in [1.165, 1.54) is 0 Å². The second kappa shape index (κ2) is 6.22. The van der Waals surface area contributed by atoms with Crippen molar-refractivity contribution in [3.8, 4) is 22.4 Å². The van der Waals surface area contributed by atoms with Crippen LogP contribution in [0, 0.1) is 5.82 Å². The molecule has 0 fully saturated rings. The van der Waals surface area contributed by atoms with Gasteiger partial charge in [0.2, 0.25) is 0 Å². The highest BCUT2D eigenvalue weighted by atomic mass is 35.5. The highest BCUT2D eigenvalue weighted by Crippen LogP contribution is 2.40. The van der Waals surface area contributed by atoms with E-state index in [0.717, 1.165) is 10.9 Å². The van der Waals surface area contributed by atoms with Crippen LogP contribution in [0.25, 0.3) is 44.5 Å². The SMILES string of the molecule is Fc1c(-c2ccccc2)nc2c(oc3ccccc32)c1-c1ccc(Cl)cc1. The summed E-state index contributed by atoms with van der Waals surface area (Å²) in [5, 5.41) is 1.46. The quantitative estimate of drug-likeness (QED) is 0.329. The molecule has 0 aliphatic heterocycles. The van der Waals surface area contributed by atoms with E-state index in [4.69, 9.17) is 16.0 Å². The molecular weight excluding hydrogens is 361 g/mol. The summed E-state index contributed by atoms with van der Waals surface area (Å²) < 4.78 is 21.7. The Kier molecular flexibility index (Phi) is 3.69. The Morgan fingerprint density at radius 1 is 0.778 bits per heavy atom. The van der Waals surface area contributed by atoms with Crippen molar-refractivity contribution in [2.75, 3.05) is 0 Å². The Morgan fingerprint density at radius 3 is 2.26 bits per heavy atom. The highest BCUT2D eigenvalue weighted by molar-refractivity contribution is 6.30. The van der Waals surface area contributed by atoms with Gasteiger partial charge in [-0.3, -0.25) is 0 Å². The fourth-order valence-electron chi connectivity index (χ4n) is 3.35. The first-order chi connectivity index (χ1) is 13.2. The second-order valence-electron chi connectivity index (χ2n) is 6.30. The Morgan fingerprint density at radius 2 is 1.48 bits per heavy atom. The molecule has 0 atom stereocenters. The fourth-order valence-corrected chi connectivity index (χ4v) is 3.48. The molecule has 4 heteroatoms. The molecule has 0 unspecified atom stereocenters. The average Bonchev–Trinajstić information content (AvgIpc) is 3.07. The monoisotopic (exact) mass is 373 g/mol. The average molecular weight is 374 g/mol. The molecule has 0 bridgehead atoms. The predicted octanol–water partition coefficient (Wildman–Crippen LogP) is 7.11. The van der Waals surface area contributed by atoms with Gasteiger partial charge in [-0.25, -0.2) is 9.37 Å². The van der Waals surface area contributed by atoms with Crippen LogP contribution in [0.4, 0.5) is 4.39 Å². The summed E-state index contributed by atoms with van der Waals surface area (Å²) in [5.41, 5.74) is 3.88. The number of aromatic nitrogens is 1. The number of halogens is 2. The molecule has 130 valence electrons. The lowest BCUT2D eigenvalue weighted by molar-refractivity contribution is 0.620. The van der Waals surface area contributed by atoms with Crippen LogP contribution in [0.1, 0.15) is 0 Å². The van der Waals surface area contributed by atoms with E-state index in [9.17, 15) is 0 Å². The molecule has 0 N–H and O–H groups in total. The number of nitrogens with zero attached hydrogens (tertiary/aromatic N) is 1. The van der Waals surface area contributed by atoms with Crippen LogP contribution < -0.4 is 0 Å². The van der Waals surface area contributed by atoms with Gasteiger partial charge in [-0.15, -0.1) is 0 Å². The summed E-state index contributed by atoms with van der Waals surface area (Å²) in [4.78, 5) is 4.64. The topological polar surface area (TPSA) is 26.0 Å². The Labute approximate surface area is 159 Å². The number of para-hydroxylation sites is 1. The van der Waals surface area contributed by atoms with Crippen molar-refractivity contribution in [3.05, 3.63) is 89.7 Å². The van der Waals surface area contributed by atoms with E-state index in [0.29, 0.717) is 38.5 Å². The molecule has 2 aromatic heterocycles. The maximum Gasteiger partial charge on any atom is 0.164 e. The van der Waals surface area contributed by atoms with Crippen LogP contribution >= 0.6 is 11.6 Å². The minimum Gasteiger partial charge on any atom is -0.454 e. The largest absolute Gasteiger partial charge is 0.454 e. The lowest BCUT2D eigenvalue weighted by Crippen LogP contribution is -1.95. The molecule has 5 rings (SSSR count). The van der Waals surface area contributed by atoms with Gasteiger partial charge < -0.3 is 4.42 Å². The van der Waals surface area contributed by atoms with Crippen molar-refractivity contribution in [1.29, 1.82) is 0 Å². The van der Waals surface area contributed by atoms with E-state index in [1.54, 1.807) is 24.3 Å². The smallest absolute Gasteiger partial charge is 0.164 e. The van der Waals surface area contributed by atoms with Crippen molar-refractivity contribution < 1.29 is 8.81 Å². The summed E-state index contributed by atoms with van der Waals surface area (Å²) in [6.07, 6.45) is 0. The van der Waals surface area contributed by atoms with Gasteiger partial charge in [0, 0.05) is 16.0 Å². The first-order valence-corrected chi connectivity index (χ1v) is 8.92. The number of hydrogen-bond donors (Lipinski definition) is 0. The Hall–Kier alpha value is -3.17. The first kappa shape index (κ1) is 16.0. The number of benzene rings is 3. The van der Waals surface area contributed by atoms with Crippen LogP contribution in [0.15, 0.2) is 83.3 Å². The molecule has 0 spiro atoms. The maximum absolute atomic E-state index is 15.6. The van der Waals surface area contributed by atoms with Gasteiger partial charge in [0.05, 0.1) is 5.56 Å². The van der Waals surface area contributed by atoms with E-state index < -0.39 is 5.82 Å². The third-order valence-electron chi connectivity index (χ3n) is 4.63. The molecule has 0 aliphatic carbocycles. The van der Waals surface area contributed by atoms with Gasteiger partial charge in [-0.05, 0) is 29.8 Å². The van der Waals surface area contributed by atoms with Crippen molar-refractivity contribution in [2.24, 2.45) is 0 Å². The predicted molar refractivity (Wildman–Crippen MR) is 107 cm³/mol. The van der Waals surface area contributed by atoms with Crippen molar-refractivity contribution in [1.82, 2.24) is 4.98 Å². The van der Waals surface area contributed by atoms with Crippen molar-refractivity contribution in [3.63, 3.8) is 0 Å². The maximum atomic E-state index is 15.6. The molecule has 27 heavy (non-hydrogen) atoms. The molecule has 5 aromatic rings.